The van der Waals surface area contributed by atoms with Crippen LogP contribution in [0.4, 0.5) is 4.39 Å². The van der Waals surface area contributed by atoms with Crippen LogP contribution >= 0.6 is 0 Å². The number of hydrogen-bond acceptors (Lipinski definition) is 5. The van der Waals surface area contributed by atoms with E-state index < -0.39 is 6.29 Å². The van der Waals surface area contributed by atoms with Crippen LogP contribution in [0.15, 0.2) is 54.3 Å². The van der Waals surface area contributed by atoms with Gasteiger partial charge in [0.15, 0.2) is 12.0 Å². The van der Waals surface area contributed by atoms with Gasteiger partial charge in [-0.05, 0) is 60.7 Å². The molecule has 1 saturated heterocycles. The van der Waals surface area contributed by atoms with Gasteiger partial charge in [0.25, 0.3) is 11.8 Å². The van der Waals surface area contributed by atoms with Crippen LogP contribution in [-0.4, -0.2) is 55.9 Å². The molecule has 186 valence electrons. The lowest BCUT2D eigenvalue weighted by Gasteiger charge is -2.44. The maximum Gasteiger partial charge on any atom is 0.289 e. The second-order valence-electron chi connectivity index (χ2n) is 8.81. The molecule has 2 aromatic carbocycles. The van der Waals surface area contributed by atoms with Crippen LogP contribution in [0.3, 0.4) is 0 Å². The molecular weight excluding hydrogens is 451 g/mol. The van der Waals surface area contributed by atoms with E-state index in [-0.39, 0.29) is 42.1 Å². The van der Waals surface area contributed by atoms with Crippen molar-refractivity contribution in [2.45, 2.75) is 50.7 Å². The van der Waals surface area contributed by atoms with Gasteiger partial charge in [0, 0.05) is 26.3 Å². The van der Waals surface area contributed by atoms with E-state index in [9.17, 15) is 14.0 Å². The van der Waals surface area contributed by atoms with Gasteiger partial charge in [-0.2, -0.15) is 0 Å². The minimum absolute atomic E-state index is 0.0224. The van der Waals surface area contributed by atoms with Crippen LogP contribution in [0.5, 0.6) is 0 Å². The number of morpholine rings is 1. The average Bonchev–Trinajstić information content (AvgIpc) is 2.87. The Morgan fingerprint density at radius 3 is 2.63 bits per heavy atom. The Kier molecular flexibility index (Phi) is 8.15. The molecule has 2 unspecified atom stereocenters. The smallest absolute Gasteiger partial charge is 0.289 e. The standard InChI is InChI=1S/C27H31FN2O5/c1-33-25(34-2)16-29-26(31)20-12-10-18(11-13-20)15-24-27(32)30(17-19-6-5-7-21(28)14-19)22-8-3-4-9-23(22)35-24/h5-7,10-15,22-23,25H,3-4,8-9,16-17H2,1-2H3,(H,29,31)/b24-15-. The first kappa shape index (κ1) is 24.9. The molecule has 7 nitrogen and oxygen atoms in total. The van der Waals surface area contributed by atoms with Crippen molar-refractivity contribution >= 4 is 17.9 Å². The zero-order valence-corrected chi connectivity index (χ0v) is 20.0. The van der Waals surface area contributed by atoms with Crippen molar-refractivity contribution in [1.82, 2.24) is 10.2 Å². The molecule has 1 N–H and O–H groups in total. The van der Waals surface area contributed by atoms with Crippen LogP contribution in [0.2, 0.25) is 0 Å². The summed E-state index contributed by atoms with van der Waals surface area (Å²) in [5.41, 5.74) is 1.98. The zero-order valence-electron chi connectivity index (χ0n) is 20.0. The highest BCUT2D eigenvalue weighted by atomic mass is 19.1. The predicted octanol–water partition coefficient (Wildman–Crippen LogP) is 3.89. The number of rotatable bonds is 8. The summed E-state index contributed by atoms with van der Waals surface area (Å²) in [5.74, 6) is -0.503. The molecule has 2 fully saturated rings. The van der Waals surface area contributed by atoms with E-state index in [0.717, 1.165) is 36.8 Å². The first-order chi connectivity index (χ1) is 17.0. The number of hydrogen-bond donors (Lipinski definition) is 1. The van der Waals surface area contributed by atoms with Gasteiger partial charge in [-0.1, -0.05) is 30.7 Å². The fourth-order valence-electron chi connectivity index (χ4n) is 4.62. The summed E-state index contributed by atoms with van der Waals surface area (Å²) in [6.07, 6.45) is 4.94. The third-order valence-corrected chi connectivity index (χ3v) is 6.49. The van der Waals surface area contributed by atoms with Gasteiger partial charge in [-0.15, -0.1) is 0 Å². The predicted molar refractivity (Wildman–Crippen MR) is 129 cm³/mol. The van der Waals surface area contributed by atoms with Crippen molar-refractivity contribution in [3.05, 3.63) is 76.8 Å². The third-order valence-electron chi connectivity index (χ3n) is 6.49. The molecule has 0 radical (unpaired) electrons. The number of halogens is 1. The number of nitrogens with one attached hydrogen (secondary N) is 1. The molecule has 0 aromatic heterocycles. The van der Waals surface area contributed by atoms with Crippen LogP contribution < -0.4 is 5.32 Å². The first-order valence-electron chi connectivity index (χ1n) is 11.9. The van der Waals surface area contributed by atoms with Crippen LogP contribution in [0, 0.1) is 5.82 Å². The van der Waals surface area contributed by atoms with E-state index >= 15 is 0 Å². The summed E-state index contributed by atoms with van der Waals surface area (Å²) in [4.78, 5) is 27.6. The van der Waals surface area contributed by atoms with Crippen molar-refractivity contribution in [2.75, 3.05) is 20.8 Å². The molecule has 1 saturated carbocycles. The number of amides is 2. The number of carbonyl (C=O) groups excluding carboxylic acids is 2. The second-order valence-corrected chi connectivity index (χ2v) is 8.81. The van der Waals surface area contributed by atoms with Crippen molar-refractivity contribution in [3.63, 3.8) is 0 Å². The summed E-state index contributed by atoms with van der Waals surface area (Å²) in [6, 6.07) is 13.3. The minimum atomic E-state index is -0.517. The number of ether oxygens (including phenoxy) is 3. The van der Waals surface area contributed by atoms with Crippen molar-refractivity contribution in [3.8, 4) is 0 Å². The van der Waals surface area contributed by atoms with Crippen LogP contribution in [0.1, 0.15) is 47.2 Å². The largest absolute Gasteiger partial charge is 0.482 e. The highest BCUT2D eigenvalue weighted by Gasteiger charge is 2.41. The summed E-state index contributed by atoms with van der Waals surface area (Å²) >= 11 is 0. The summed E-state index contributed by atoms with van der Waals surface area (Å²) < 4.78 is 30.1. The number of methoxy groups -OCH3 is 2. The Morgan fingerprint density at radius 2 is 1.91 bits per heavy atom. The molecule has 1 aliphatic heterocycles. The highest BCUT2D eigenvalue weighted by Crippen LogP contribution is 2.34. The van der Waals surface area contributed by atoms with E-state index in [4.69, 9.17) is 14.2 Å². The van der Waals surface area contributed by atoms with Gasteiger partial charge < -0.3 is 24.4 Å². The zero-order chi connectivity index (χ0) is 24.8. The Morgan fingerprint density at radius 1 is 1.17 bits per heavy atom. The SMILES string of the molecule is COC(CNC(=O)c1ccc(/C=C2\OC3CCCCC3N(Cc3cccc(F)c3)C2=O)cc1)OC. The summed E-state index contributed by atoms with van der Waals surface area (Å²) in [7, 11) is 3.01. The Hall–Kier alpha value is -3.23. The van der Waals surface area contributed by atoms with Gasteiger partial charge in [-0.25, -0.2) is 4.39 Å². The van der Waals surface area contributed by atoms with Gasteiger partial charge in [0.2, 0.25) is 0 Å². The third kappa shape index (κ3) is 6.07. The Bertz CT molecular complexity index is 1070. The Balaban J connectivity index is 1.50. The minimum Gasteiger partial charge on any atom is -0.482 e. The van der Waals surface area contributed by atoms with Crippen LogP contribution in [0.25, 0.3) is 6.08 Å². The molecule has 1 aliphatic carbocycles. The molecule has 35 heavy (non-hydrogen) atoms. The number of carbonyl (C=O) groups is 2. The number of benzene rings is 2. The molecule has 2 atom stereocenters. The van der Waals surface area contributed by atoms with Gasteiger partial charge in [-0.3, -0.25) is 9.59 Å². The van der Waals surface area contributed by atoms with E-state index in [2.05, 4.69) is 5.32 Å². The van der Waals surface area contributed by atoms with Crippen molar-refractivity contribution < 1.29 is 28.2 Å². The molecule has 8 heteroatoms. The van der Waals surface area contributed by atoms with Gasteiger partial charge in [0.05, 0.1) is 12.6 Å². The number of fused-ring (bicyclic) bond motifs is 1. The van der Waals surface area contributed by atoms with Crippen molar-refractivity contribution in [1.29, 1.82) is 0 Å². The summed E-state index contributed by atoms with van der Waals surface area (Å²) in [5, 5.41) is 2.76. The molecule has 1 heterocycles. The van der Waals surface area contributed by atoms with Crippen LogP contribution in [-0.2, 0) is 25.5 Å². The lowest BCUT2D eigenvalue weighted by molar-refractivity contribution is -0.149. The fraction of sp³-hybridized carbons (Fsp3) is 0.407. The fourth-order valence-corrected chi connectivity index (χ4v) is 4.62. The number of nitrogens with zero attached hydrogens (tertiary/aromatic N) is 1. The summed E-state index contributed by atoms with van der Waals surface area (Å²) in [6.45, 7) is 0.561. The van der Waals surface area contributed by atoms with E-state index in [1.54, 1.807) is 36.4 Å². The van der Waals surface area contributed by atoms with Gasteiger partial charge in [0.1, 0.15) is 11.9 Å². The molecule has 2 aliphatic rings. The maximum atomic E-state index is 13.7. The molecule has 2 amide bonds. The van der Waals surface area contributed by atoms with Crippen molar-refractivity contribution in [2.24, 2.45) is 0 Å². The normalized spacial score (nSPS) is 21.1. The highest BCUT2D eigenvalue weighted by molar-refractivity contribution is 5.97. The first-order valence-corrected chi connectivity index (χ1v) is 11.9. The molecule has 2 aromatic rings. The lowest BCUT2D eigenvalue weighted by atomic mass is 9.89. The Labute approximate surface area is 204 Å². The topological polar surface area (TPSA) is 77.1 Å². The molecular formula is C27H31FN2O5. The van der Waals surface area contributed by atoms with Gasteiger partial charge >= 0.3 is 0 Å². The molecule has 0 bridgehead atoms. The molecule has 4 rings (SSSR count). The van der Waals surface area contributed by atoms with E-state index in [0.29, 0.717) is 12.1 Å². The van der Waals surface area contributed by atoms with E-state index in [1.807, 2.05) is 11.0 Å². The maximum absolute atomic E-state index is 13.7. The average molecular weight is 483 g/mol. The monoisotopic (exact) mass is 482 g/mol. The quantitative estimate of drug-likeness (QED) is 0.456. The second kappa shape index (κ2) is 11.5. The molecule has 0 spiro atoms. The lowest BCUT2D eigenvalue weighted by Crippen LogP contribution is -2.54. The van der Waals surface area contributed by atoms with E-state index in [1.165, 1.54) is 26.4 Å².